The van der Waals surface area contributed by atoms with E-state index < -0.39 is 0 Å². The molecule has 4 heteroatoms. The lowest BCUT2D eigenvalue weighted by molar-refractivity contribution is -0.109. The van der Waals surface area contributed by atoms with Crippen molar-refractivity contribution in [3.05, 3.63) is 18.0 Å². The molecule has 0 aliphatic heterocycles. The smallest absolute Gasteiger partial charge is 0.162 e. The van der Waals surface area contributed by atoms with Gasteiger partial charge >= 0.3 is 0 Å². The Balaban J connectivity index is 1.29. The molecule has 4 aliphatic carbocycles. The molecule has 0 saturated heterocycles. The highest BCUT2D eigenvalue weighted by Crippen LogP contribution is 2.65. The highest BCUT2D eigenvalue weighted by Gasteiger charge is 2.58. The van der Waals surface area contributed by atoms with Crippen LogP contribution in [0.2, 0.25) is 0 Å². The van der Waals surface area contributed by atoms with Crippen LogP contribution in [-0.2, 0) is 6.54 Å². The van der Waals surface area contributed by atoms with Crippen molar-refractivity contribution < 1.29 is 5.11 Å². The van der Waals surface area contributed by atoms with Gasteiger partial charge in [-0.15, -0.1) is 0 Å². The fourth-order valence-electron chi connectivity index (χ4n) is 9.20. The predicted octanol–water partition coefficient (Wildman–Crippen LogP) is 5.80. The van der Waals surface area contributed by atoms with E-state index in [4.69, 9.17) is 5.26 Å². The van der Waals surface area contributed by atoms with Crippen LogP contribution in [0.15, 0.2) is 12.3 Å². The molecule has 0 unspecified atom stereocenters. The lowest BCUT2D eigenvalue weighted by atomic mass is 9.48. The summed E-state index contributed by atoms with van der Waals surface area (Å²) >= 11 is 0. The molecule has 1 heterocycles. The molecule has 0 spiro atoms. The minimum absolute atomic E-state index is 0.372. The largest absolute Gasteiger partial charge is 0.390 e. The molecule has 4 fully saturated rings. The van der Waals surface area contributed by atoms with Crippen LogP contribution < -0.4 is 0 Å². The van der Waals surface area contributed by atoms with Crippen molar-refractivity contribution in [2.75, 3.05) is 0 Å². The zero-order valence-electron chi connectivity index (χ0n) is 19.8. The van der Waals surface area contributed by atoms with Crippen LogP contribution in [0.25, 0.3) is 0 Å². The van der Waals surface area contributed by atoms with Gasteiger partial charge in [0.1, 0.15) is 6.07 Å². The Bertz CT molecular complexity index is 842. The fraction of sp³-hybridized carbons (Fsp3) is 0.852. The molecule has 4 saturated carbocycles. The summed E-state index contributed by atoms with van der Waals surface area (Å²) in [5.74, 6) is 5.73. The molecule has 0 radical (unpaired) electrons. The number of aliphatic hydroxyl groups is 1. The van der Waals surface area contributed by atoms with Gasteiger partial charge in [0.25, 0.3) is 0 Å². The van der Waals surface area contributed by atoms with Crippen molar-refractivity contribution in [2.24, 2.45) is 46.8 Å². The molecule has 4 nitrogen and oxygen atoms in total. The first-order valence-corrected chi connectivity index (χ1v) is 13.0. The van der Waals surface area contributed by atoms with Crippen LogP contribution in [0, 0.1) is 58.2 Å². The Morgan fingerprint density at radius 3 is 2.71 bits per heavy atom. The van der Waals surface area contributed by atoms with Crippen molar-refractivity contribution in [3.63, 3.8) is 0 Å². The van der Waals surface area contributed by atoms with Gasteiger partial charge < -0.3 is 5.11 Å². The fourth-order valence-corrected chi connectivity index (χ4v) is 9.20. The zero-order valence-corrected chi connectivity index (χ0v) is 19.8. The van der Waals surface area contributed by atoms with E-state index in [0.29, 0.717) is 17.0 Å². The van der Waals surface area contributed by atoms with Crippen LogP contribution in [0.5, 0.6) is 0 Å². The average Bonchev–Trinajstić information content (AvgIpc) is 3.36. The predicted molar refractivity (Wildman–Crippen MR) is 122 cm³/mol. The number of aromatic nitrogens is 2. The normalized spacial score (nSPS) is 45.3. The monoisotopic (exact) mass is 423 g/mol. The third-order valence-corrected chi connectivity index (χ3v) is 10.8. The van der Waals surface area contributed by atoms with Crippen molar-refractivity contribution >= 4 is 0 Å². The molecule has 4 aliphatic rings. The van der Waals surface area contributed by atoms with Crippen molar-refractivity contribution in [3.8, 4) is 6.07 Å². The Kier molecular flexibility index (Phi) is 5.48. The van der Waals surface area contributed by atoms with E-state index in [9.17, 15) is 5.11 Å². The summed E-state index contributed by atoms with van der Waals surface area (Å²) in [5.41, 5.74) is 0.628. The molecule has 170 valence electrons. The summed E-state index contributed by atoms with van der Waals surface area (Å²) in [4.78, 5) is 0. The Morgan fingerprint density at radius 2 is 1.97 bits per heavy atom. The standard InChI is InChI=1S/C27H41N3O/c1-4-27(31)13-10-21-19(15-27)5-6-23-22(21)9-12-26(3)24(7-8-25(23)26)18(2)17-30-14-11-20(16-28)29-30/h11,14,18-19,21-25,31H,4-10,12-13,15,17H2,1-3H3/t18-,19+,21-,22+,23+,24+,25-,26+,27+/m0/s1. The number of rotatable bonds is 4. The zero-order chi connectivity index (χ0) is 21.8. The van der Waals surface area contributed by atoms with E-state index in [1.807, 2.05) is 16.9 Å². The number of hydrogen-bond donors (Lipinski definition) is 1. The third kappa shape index (κ3) is 3.56. The summed E-state index contributed by atoms with van der Waals surface area (Å²) in [6.07, 6.45) is 14.6. The molecule has 0 bridgehead atoms. The molecular weight excluding hydrogens is 382 g/mol. The molecule has 0 amide bonds. The molecule has 9 atom stereocenters. The molecule has 31 heavy (non-hydrogen) atoms. The first kappa shape index (κ1) is 21.5. The molecule has 1 aromatic heterocycles. The second-order valence-corrected chi connectivity index (χ2v) is 12.0. The van der Waals surface area contributed by atoms with Gasteiger partial charge in [-0.05, 0) is 117 Å². The van der Waals surface area contributed by atoms with Gasteiger partial charge in [0, 0.05) is 12.7 Å². The van der Waals surface area contributed by atoms with Gasteiger partial charge in [0.15, 0.2) is 5.69 Å². The van der Waals surface area contributed by atoms with E-state index in [2.05, 4.69) is 31.9 Å². The van der Waals surface area contributed by atoms with Crippen molar-refractivity contribution in [2.45, 2.75) is 97.1 Å². The Labute approximate surface area is 188 Å². The van der Waals surface area contributed by atoms with E-state index in [-0.39, 0.29) is 5.60 Å². The lowest BCUT2D eigenvalue weighted by Gasteiger charge is -2.57. The summed E-state index contributed by atoms with van der Waals surface area (Å²) in [5, 5.41) is 24.4. The van der Waals surface area contributed by atoms with Gasteiger partial charge in [0.05, 0.1) is 5.60 Å². The SMILES string of the molecule is CC[C@@]1(O)CC[C@H]2[C@H](CC[C@@H]3[C@@H]2CC[C@]2(C)[C@@H]([C@@H](C)Cn4ccc(C#N)n4)CC[C@@H]32)C1. The topological polar surface area (TPSA) is 61.8 Å². The van der Waals surface area contributed by atoms with Crippen LogP contribution in [0.1, 0.15) is 90.7 Å². The maximum absolute atomic E-state index is 10.9. The lowest BCUT2D eigenvalue weighted by Crippen LogP contribution is -2.51. The highest BCUT2D eigenvalue weighted by atomic mass is 16.3. The number of hydrogen-bond acceptors (Lipinski definition) is 3. The van der Waals surface area contributed by atoms with Crippen molar-refractivity contribution in [1.82, 2.24) is 9.78 Å². The molecule has 1 aromatic rings. The Morgan fingerprint density at radius 1 is 1.16 bits per heavy atom. The van der Waals surface area contributed by atoms with Crippen molar-refractivity contribution in [1.29, 1.82) is 5.26 Å². The van der Waals surface area contributed by atoms with Crippen LogP contribution >= 0.6 is 0 Å². The first-order chi connectivity index (χ1) is 14.9. The second-order valence-electron chi connectivity index (χ2n) is 12.0. The second kappa shape index (κ2) is 7.91. The van der Waals surface area contributed by atoms with Gasteiger partial charge in [-0.2, -0.15) is 10.4 Å². The van der Waals surface area contributed by atoms with Crippen LogP contribution in [0.3, 0.4) is 0 Å². The molecular formula is C27H41N3O. The van der Waals surface area contributed by atoms with E-state index in [1.165, 1.54) is 44.9 Å². The van der Waals surface area contributed by atoms with E-state index >= 15 is 0 Å². The average molecular weight is 424 g/mol. The minimum atomic E-state index is -0.372. The highest BCUT2D eigenvalue weighted by molar-refractivity contribution is 5.16. The summed E-state index contributed by atoms with van der Waals surface area (Å²) in [7, 11) is 0. The van der Waals surface area contributed by atoms with Gasteiger partial charge in [-0.3, -0.25) is 4.68 Å². The van der Waals surface area contributed by atoms with Gasteiger partial charge in [-0.25, -0.2) is 0 Å². The van der Waals surface area contributed by atoms with E-state index in [0.717, 1.165) is 61.3 Å². The summed E-state index contributed by atoms with van der Waals surface area (Å²) < 4.78 is 1.99. The van der Waals surface area contributed by atoms with Crippen LogP contribution in [-0.4, -0.2) is 20.5 Å². The summed E-state index contributed by atoms with van der Waals surface area (Å²) in [6, 6.07) is 3.99. The third-order valence-electron chi connectivity index (χ3n) is 10.8. The van der Waals surface area contributed by atoms with Gasteiger partial charge in [0.2, 0.25) is 0 Å². The first-order valence-electron chi connectivity index (χ1n) is 13.0. The molecule has 5 rings (SSSR count). The van der Waals surface area contributed by atoms with Crippen LogP contribution in [0.4, 0.5) is 0 Å². The summed E-state index contributed by atoms with van der Waals surface area (Å²) in [6.45, 7) is 8.14. The maximum Gasteiger partial charge on any atom is 0.162 e. The molecule has 1 N–H and O–H groups in total. The molecule has 0 aromatic carbocycles. The number of fused-ring (bicyclic) bond motifs is 5. The maximum atomic E-state index is 10.9. The van der Waals surface area contributed by atoms with Gasteiger partial charge in [-0.1, -0.05) is 20.8 Å². The Hall–Kier alpha value is -1.34. The van der Waals surface area contributed by atoms with E-state index in [1.54, 1.807) is 0 Å². The number of nitriles is 1. The minimum Gasteiger partial charge on any atom is -0.390 e. The quantitative estimate of drug-likeness (QED) is 0.665. The number of nitrogens with zero attached hydrogens (tertiary/aromatic N) is 3.